The normalized spacial score (nSPS) is 13.5. The van der Waals surface area contributed by atoms with Gasteiger partial charge in [-0.1, -0.05) is 49.7 Å². The van der Waals surface area contributed by atoms with E-state index in [1.165, 1.54) is 17.3 Å². The minimum Gasteiger partial charge on any atom is -0.325 e. The number of aromatic nitrogens is 3. The van der Waals surface area contributed by atoms with E-state index in [4.69, 9.17) is 0 Å². The molecule has 0 radical (unpaired) electrons. The molecule has 2 aromatic rings. The van der Waals surface area contributed by atoms with Crippen LogP contribution in [-0.4, -0.2) is 44.9 Å². The highest BCUT2D eigenvalue weighted by Crippen LogP contribution is 2.28. The molecule has 1 amide bonds. The van der Waals surface area contributed by atoms with E-state index in [2.05, 4.69) is 65.9 Å². The van der Waals surface area contributed by atoms with Crippen LogP contribution in [0.3, 0.4) is 0 Å². The lowest BCUT2D eigenvalue weighted by Gasteiger charge is -2.23. The van der Waals surface area contributed by atoms with Crippen LogP contribution in [0.15, 0.2) is 23.4 Å². The summed E-state index contributed by atoms with van der Waals surface area (Å²) in [5, 5.41) is 12.5. The van der Waals surface area contributed by atoms with Crippen LogP contribution < -0.4 is 5.32 Å². The molecule has 1 aromatic carbocycles. The molecule has 2 rings (SSSR count). The quantitative estimate of drug-likeness (QED) is 0.561. The van der Waals surface area contributed by atoms with E-state index in [0.29, 0.717) is 0 Å². The number of nitrogens with one attached hydrogen (secondary N) is 1. The summed E-state index contributed by atoms with van der Waals surface area (Å²) >= 11 is 1.48. The third kappa shape index (κ3) is 6.06. The number of rotatable bonds is 10. The van der Waals surface area contributed by atoms with Crippen molar-refractivity contribution >= 4 is 23.4 Å². The molecule has 0 saturated heterocycles. The Bertz CT molecular complexity index is 818. The molecule has 1 aromatic heterocycles. The molecule has 2 unspecified atom stereocenters. The van der Waals surface area contributed by atoms with Gasteiger partial charge in [-0.05, 0) is 59.3 Å². The minimum absolute atomic E-state index is 0.0202. The Morgan fingerprint density at radius 3 is 2.55 bits per heavy atom. The zero-order valence-electron chi connectivity index (χ0n) is 18.8. The minimum atomic E-state index is -0.271. The summed E-state index contributed by atoms with van der Waals surface area (Å²) in [5.41, 5.74) is 3.12. The number of hydrogen-bond donors (Lipinski definition) is 1. The van der Waals surface area contributed by atoms with E-state index in [-0.39, 0.29) is 17.2 Å². The van der Waals surface area contributed by atoms with Crippen molar-refractivity contribution in [2.24, 2.45) is 0 Å². The lowest BCUT2D eigenvalue weighted by atomic mass is 10.1. The average Bonchev–Trinajstić information content (AvgIpc) is 3.04. The molecule has 29 heavy (non-hydrogen) atoms. The zero-order valence-corrected chi connectivity index (χ0v) is 19.6. The van der Waals surface area contributed by atoms with E-state index < -0.39 is 0 Å². The van der Waals surface area contributed by atoms with Gasteiger partial charge in [0.1, 0.15) is 0 Å². The van der Waals surface area contributed by atoms with Crippen LogP contribution in [0.25, 0.3) is 0 Å². The summed E-state index contributed by atoms with van der Waals surface area (Å²) in [4.78, 5) is 15.0. The standard InChI is InChI=1S/C22H35N5OS/c1-8-10-13-27-20(19(9-2)26(6)7)24-25-22(27)29-17(5)21(28)23-18-12-11-15(3)14-16(18)4/h11-12,14,17,19H,8-10,13H2,1-7H3,(H,23,28). The maximum atomic E-state index is 12.8. The summed E-state index contributed by atoms with van der Waals surface area (Å²) in [6, 6.07) is 6.27. The van der Waals surface area contributed by atoms with Crippen molar-refractivity contribution in [2.75, 3.05) is 19.4 Å². The Kier molecular flexibility index (Phi) is 8.71. The molecule has 1 N–H and O–H groups in total. The molecule has 160 valence electrons. The van der Waals surface area contributed by atoms with Gasteiger partial charge in [0.15, 0.2) is 11.0 Å². The third-order valence-electron chi connectivity index (χ3n) is 5.08. The molecule has 0 saturated carbocycles. The number of benzene rings is 1. The molecule has 0 aliphatic carbocycles. The maximum Gasteiger partial charge on any atom is 0.237 e. The number of anilines is 1. The number of amides is 1. The van der Waals surface area contributed by atoms with Gasteiger partial charge in [-0.2, -0.15) is 0 Å². The fourth-order valence-corrected chi connectivity index (χ4v) is 4.22. The van der Waals surface area contributed by atoms with Gasteiger partial charge in [0.2, 0.25) is 5.91 Å². The number of carbonyl (C=O) groups is 1. The fourth-order valence-electron chi connectivity index (χ4n) is 3.34. The van der Waals surface area contributed by atoms with Gasteiger partial charge in [0, 0.05) is 12.2 Å². The van der Waals surface area contributed by atoms with Crippen LogP contribution in [0, 0.1) is 13.8 Å². The summed E-state index contributed by atoms with van der Waals surface area (Å²) in [7, 11) is 4.14. The fraction of sp³-hybridized carbons (Fsp3) is 0.591. The van der Waals surface area contributed by atoms with Crippen molar-refractivity contribution in [2.45, 2.75) is 76.9 Å². The molecular weight excluding hydrogens is 382 g/mol. The van der Waals surface area contributed by atoms with E-state index >= 15 is 0 Å². The lowest BCUT2D eigenvalue weighted by Crippen LogP contribution is -2.25. The van der Waals surface area contributed by atoms with Gasteiger partial charge in [0.05, 0.1) is 11.3 Å². The number of thioether (sulfide) groups is 1. The number of nitrogens with zero attached hydrogens (tertiary/aromatic N) is 4. The predicted octanol–water partition coefficient (Wildman–Crippen LogP) is 4.83. The Hall–Kier alpha value is -1.86. The first-order valence-electron chi connectivity index (χ1n) is 10.4. The average molecular weight is 418 g/mol. The van der Waals surface area contributed by atoms with Crippen LogP contribution in [0.2, 0.25) is 0 Å². The van der Waals surface area contributed by atoms with Gasteiger partial charge >= 0.3 is 0 Å². The third-order valence-corrected chi connectivity index (χ3v) is 6.16. The smallest absolute Gasteiger partial charge is 0.237 e. The second-order valence-corrected chi connectivity index (χ2v) is 9.11. The molecule has 0 aliphatic rings. The monoisotopic (exact) mass is 417 g/mol. The first-order valence-corrected chi connectivity index (χ1v) is 11.3. The van der Waals surface area contributed by atoms with Gasteiger partial charge < -0.3 is 9.88 Å². The Morgan fingerprint density at radius 1 is 1.24 bits per heavy atom. The highest BCUT2D eigenvalue weighted by molar-refractivity contribution is 8.00. The number of unbranched alkanes of at least 4 members (excludes halogenated alkanes) is 1. The van der Waals surface area contributed by atoms with Crippen molar-refractivity contribution in [3.8, 4) is 0 Å². The highest BCUT2D eigenvalue weighted by Gasteiger charge is 2.24. The Morgan fingerprint density at radius 2 is 1.97 bits per heavy atom. The van der Waals surface area contributed by atoms with E-state index in [1.54, 1.807) is 0 Å². The number of hydrogen-bond acceptors (Lipinski definition) is 5. The van der Waals surface area contributed by atoms with Crippen LogP contribution >= 0.6 is 11.8 Å². The van der Waals surface area contributed by atoms with E-state index in [9.17, 15) is 4.79 Å². The molecule has 0 bridgehead atoms. The molecule has 0 fully saturated rings. The molecular formula is C22H35N5OS. The predicted molar refractivity (Wildman–Crippen MR) is 122 cm³/mol. The topological polar surface area (TPSA) is 63.1 Å². The molecule has 2 atom stereocenters. The molecule has 0 spiro atoms. The number of carbonyl (C=O) groups excluding carboxylic acids is 1. The second-order valence-electron chi connectivity index (χ2n) is 7.80. The number of aryl methyl sites for hydroxylation is 2. The highest BCUT2D eigenvalue weighted by atomic mass is 32.2. The van der Waals surface area contributed by atoms with Crippen molar-refractivity contribution in [1.82, 2.24) is 19.7 Å². The van der Waals surface area contributed by atoms with Crippen molar-refractivity contribution in [3.05, 3.63) is 35.2 Å². The first kappa shape index (κ1) is 23.4. The van der Waals surface area contributed by atoms with E-state index in [1.807, 2.05) is 26.0 Å². The Labute approximate surface area is 179 Å². The van der Waals surface area contributed by atoms with Gasteiger partial charge in [-0.25, -0.2) is 0 Å². The second kappa shape index (κ2) is 10.8. The van der Waals surface area contributed by atoms with Crippen molar-refractivity contribution in [1.29, 1.82) is 0 Å². The van der Waals surface area contributed by atoms with Gasteiger partial charge in [0.25, 0.3) is 0 Å². The molecule has 0 aliphatic heterocycles. The van der Waals surface area contributed by atoms with Gasteiger partial charge in [-0.15, -0.1) is 10.2 Å². The molecule has 6 nitrogen and oxygen atoms in total. The molecule has 1 heterocycles. The van der Waals surface area contributed by atoms with Crippen molar-refractivity contribution < 1.29 is 4.79 Å². The van der Waals surface area contributed by atoms with E-state index in [0.717, 1.165) is 48.0 Å². The van der Waals surface area contributed by atoms with Crippen LogP contribution in [-0.2, 0) is 11.3 Å². The summed E-state index contributed by atoms with van der Waals surface area (Å²) in [6.45, 7) is 11.2. The van der Waals surface area contributed by atoms with Crippen LogP contribution in [0.4, 0.5) is 5.69 Å². The van der Waals surface area contributed by atoms with Crippen LogP contribution in [0.5, 0.6) is 0 Å². The largest absolute Gasteiger partial charge is 0.325 e. The summed E-state index contributed by atoms with van der Waals surface area (Å²) < 4.78 is 2.20. The maximum absolute atomic E-state index is 12.8. The SMILES string of the molecule is CCCCn1c(SC(C)C(=O)Nc2ccc(C)cc2C)nnc1C(CC)N(C)C. The summed E-state index contributed by atoms with van der Waals surface area (Å²) in [6.07, 6.45) is 3.12. The Balaban J connectivity index is 2.18. The van der Waals surface area contributed by atoms with Gasteiger partial charge in [-0.3, -0.25) is 9.69 Å². The summed E-state index contributed by atoms with van der Waals surface area (Å²) in [5.74, 6) is 0.962. The van der Waals surface area contributed by atoms with Crippen molar-refractivity contribution in [3.63, 3.8) is 0 Å². The zero-order chi connectivity index (χ0) is 21.6. The van der Waals surface area contributed by atoms with Crippen LogP contribution in [0.1, 0.15) is 63.0 Å². The molecule has 7 heteroatoms. The first-order chi connectivity index (χ1) is 13.8. The lowest BCUT2D eigenvalue weighted by molar-refractivity contribution is -0.115.